The van der Waals surface area contributed by atoms with Crippen molar-refractivity contribution in [2.75, 3.05) is 0 Å². The largest absolute Gasteiger partial charge is 0.458 e. The van der Waals surface area contributed by atoms with Crippen LogP contribution in [0.25, 0.3) is 0 Å². The summed E-state index contributed by atoms with van der Waals surface area (Å²) in [7, 11) is 0. The third-order valence-corrected chi connectivity index (χ3v) is 5.95. The average Bonchev–Trinajstić information content (AvgIpc) is 2.90. The van der Waals surface area contributed by atoms with E-state index >= 15 is 0 Å². The molecule has 2 aliphatic carbocycles. The van der Waals surface area contributed by atoms with Crippen LogP contribution < -0.4 is 0 Å². The van der Waals surface area contributed by atoms with Crippen LogP contribution in [0.15, 0.2) is 12.2 Å². The van der Waals surface area contributed by atoms with Crippen LogP contribution in [0.4, 0.5) is 0 Å². The quantitative estimate of drug-likeness (QED) is 0.408. The number of hydrogen-bond acceptors (Lipinski definition) is 4. The van der Waals surface area contributed by atoms with Gasteiger partial charge in [0.15, 0.2) is 0 Å². The maximum atomic E-state index is 11.7. The van der Waals surface area contributed by atoms with Gasteiger partial charge in [0, 0.05) is 23.8 Å². The Kier molecular flexibility index (Phi) is 2.03. The first-order valence-electron chi connectivity index (χ1n) is 7.16. The lowest BCUT2D eigenvalue weighted by Gasteiger charge is -2.33. The molecule has 7 atom stereocenters. The number of ether oxygens (including phenoxy) is 2. The minimum atomic E-state index is -0.696. The molecule has 4 aliphatic rings. The molecule has 0 aromatic carbocycles. The third kappa shape index (κ3) is 1.29. The van der Waals surface area contributed by atoms with E-state index in [1.165, 1.54) is 0 Å². The van der Waals surface area contributed by atoms with Crippen LogP contribution in [0.1, 0.15) is 33.1 Å². The van der Waals surface area contributed by atoms with Gasteiger partial charge in [0.1, 0.15) is 11.7 Å². The molecule has 2 saturated carbocycles. The van der Waals surface area contributed by atoms with E-state index in [0.717, 1.165) is 12.8 Å². The fourth-order valence-electron chi connectivity index (χ4n) is 4.90. The van der Waals surface area contributed by atoms with Gasteiger partial charge in [0.25, 0.3) is 0 Å². The minimum absolute atomic E-state index is 0.0498. The lowest BCUT2D eigenvalue weighted by molar-refractivity contribution is -0.139. The number of fused-ring (bicyclic) bond motifs is 1. The maximum absolute atomic E-state index is 11.7. The summed E-state index contributed by atoms with van der Waals surface area (Å²) in [6, 6.07) is 0. The van der Waals surface area contributed by atoms with Crippen molar-refractivity contribution in [1.29, 1.82) is 0 Å². The zero-order valence-corrected chi connectivity index (χ0v) is 11.4. The van der Waals surface area contributed by atoms with Crippen LogP contribution in [0, 0.1) is 17.8 Å². The van der Waals surface area contributed by atoms with Crippen molar-refractivity contribution < 1.29 is 19.4 Å². The van der Waals surface area contributed by atoms with Crippen LogP contribution in [0.3, 0.4) is 0 Å². The Morgan fingerprint density at radius 1 is 1.42 bits per heavy atom. The Morgan fingerprint density at radius 3 is 2.89 bits per heavy atom. The molecule has 0 aromatic heterocycles. The monoisotopic (exact) mass is 264 g/mol. The SMILES string of the molecule is C=C1C(=O)O[C@@H]2C[C@H](C)[C@]34O[C@H]3C[C@@](C)(O)[C@@H]4C[C@H]12. The second-order valence-corrected chi connectivity index (χ2v) is 7.02. The molecule has 4 fully saturated rings. The van der Waals surface area contributed by atoms with Gasteiger partial charge in [0.2, 0.25) is 0 Å². The van der Waals surface area contributed by atoms with E-state index in [2.05, 4.69) is 13.5 Å². The van der Waals surface area contributed by atoms with E-state index in [0.29, 0.717) is 17.9 Å². The molecule has 4 heteroatoms. The average molecular weight is 264 g/mol. The predicted octanol–water partition coefficient (Wildman–Crippen LogP) is 1.42. The Hall–Kier alpha value is -0.870. The number of carbonyl (C=O) groups is 1. The van der Waals surface area contributed by atoms with Gasteiger partial charge < -0.3 is 14.6 Å². The molecular formula is C15H20O4. The number of aliphatic hydroxyl groups is 1. The molecule has 0 aromatic rings. The normalized spacial score (nSPS) is 59.0. The number of rotatable bonds is 0. The van der Waals surface area contributed by atoms with Crippen LogP contribution in [0.5, 0.6) is 0 Å². The van der Waals surface area contributed by atoms with Gasteiger partial charge in [-0.1, -0.05) is 13.5 Å². The molecule has 0 amide bonds. The lowest BCUT2D eigenvalue weighted by Crippen LogP contribution is -2.41. The Balaban J connectivity index is 1.74. The fraction of sp³-hybridized carbons (Fsp3) is 0.800. The molecule has 2 saturated heterocycles. The van der Waals surface area contributed by atoms with E-state index in [9.17, 15) is 9.90 Å². The smallest absolute Gasteiger partial charge is 0.334 e. The molecular weight excluding hydrogens is 244 g/mol. The Morgan fingerprint density at radius 2 is 2.16 bits per heavy atom. The molecule has 4 nitrogen and oxygen atoms in total. The summed E-state index contributed by atoms with van der Waals surface area (Å²) in [4.78, 5) is 11.7. The molecule has 0 radical (unpaired) electrons. The van der Waals surface area contributed by atoms with Crippen molar-refractivity contribution in [2.24, 2.45) is 17.8 Å². The zero-order valence-electron chi connectivity index (χ0n) is 11.4. The first-order chi connectivity index (χ1) is 8.86. The predicted molar refractivity (Wildman–Crippen MR) is 67.2 cm³/mol. The summed E-state index contributed by atoms with van der Waals surface area (Å²) in [5.41, 5.74) is -0.299. The van der Waals surface area contributed by atoms with Gasteiger partial charge >= 0.3 is 5.97 Å². The molecule has 0 bridgehead atoms. The first-order valence-corrected chi connectivity index (χ1v) is 7.16. The summed E-state index contributed by atoms with van der Waals surface area (Å²) in [6.45, 7) is 7.95. The van der Waals surface area contributed by atoms with E-state index in [-0.39, 0.29) is 35.6 Å². The van der Waals surface area contributed by atoms with Gasteiger partial charge in [-0.05, 0) is 25.7 Å². The van der Waals surface area contributed by atoms with Crippen molar-refractivity contribution in [3.63, 3.8) is 0 Å². The van der Waals surface area contributed by atoms with Crippen molar-refractivity contribution in [3.8, 4) is 0 Å². The van der Waals surface area contributed by atoms with Gasteiger partial charge in [-0.3, -0.25) is 0 Å². The van der Waals surface area contributed by atoms with Crippen molar-refractivity contribution >= 4 is 5.97 Å². The molecule has 0 unspecified atom stereocenters. The van der Waals surface area contributed by atoms with E-state index in [1.807, 2.05) is 6.92 Å². The van der Waals surface area contributed by atoms with Crippen LogP contribution in [-0.4, -0.2) is 34.5 Å². The van der Waals surface area contributed by atoms with Gasteiger partial charge in [-0.2, -0.15) is 0 Å². The van der Waals surface area contributed by atoms with E-state index < -0.39 is 5.60 Å². The van der Waals surface area contributed by atoms with E-state index in [1.54, 1.807) is 0 Å². The summed E-state index contributed by atoms with van der Waals surface area (Å²) in [5.74, 6) is 0.184. The standard InChI is InChI=1S/C15H20O4/c1-7-4-10-9(8(2)13(16)18-10)5-11-14(3,17)6-12-15(7,11)19-12/h7,9-12,17H,2,4-6H2,1,3H3/t7-,9+,10+,11-,12-,14+,15+/m0/s1. The van der Waals surface area contributed by atoms with Gasteiger partial charge in [-0.25, -0.2) is 4.79 Å². The maximum Gasteiger partial charge on any atom is 0.334 e. The first kappa shape index (κ1) is 11.9. The molecule has 104 valence electrons. The Bertz CT molecular complexity index is 483. The highest BCUT2D eigenvalue weighted by Crippen LogP contribution is 2.66. The van der Waals surface area contributed by atoms with Crippen molar-refractivity contribution in [2.45, 2.75) is 56.5 Å². The molecule has 1 spiro atoms. The van der Waals surface area contributed by atoms with Crippen LogP contribution >= 0.6 is 0 Å². The Labute approximate surface area is 112 Å². The van der Waals surface area contributed by atoms with E-state index in [4.69, 9.17) is 9.47 Å². The molecule has 1 N–H and O–H groups in total. The molecule has 4 rings (SSSR count). The molecule has 19 heavy (non-hydrogen) atoms. The molecule has 2 aliphatic heterocycles. The second kappa shape index (κ2) is 3.23. The number of epoxide rings is 1. The highest BCUT2D eigenvalue weighted by Gasteiger charge is 2.75. The highest BCUT2D eigenvalue weighted by atomic mass is 16.6. The zero-order chi connectivity index (χ0) is 13.6. The highest BCUT2D eigenvalue weighted by molar-refractivity contribution is 5.90. The van der Waals surface area contributed by atoms with Crippen molar-refractivity contribution in [1.82, 2.24) is 0 Å². The van der Waals surface area contributed by atoms with Crippen molar-refractivity contribution in [3.05, 3.63) is 12.2 Å². The van der Waals surface area contributed by atoms with Gasteiger partial charge in [0.05, 0.1) is 11.7 Å². The third-order valence-electron chi connectivity index (χ3n) is 5.95. The van der Waals surface area contributed by atoms with Gasteiger partial charge in [-0.15, -0.1) is 0 Å². The number of carbonyl (C=O) groups excluding carboxylic acids is 1. The number of esters is 1. The second-order valence-electron chi connectivity index (χ2n) is 7.02. The lowest BCUT2D eigenvalue weighted by atomic mass is 9.76. The fourth-order valence-corrected chi connectivity index (χ4v) is 4.90. The summed E-state index contributed by atoms with van der Waals surface area (Å²) in [6.07, 6.45) is 2.39. The van der Waals surface area contributed by atoms with Crippen LogP contribution in [-0.2, 0) is 14.3 Å². The summed E-state index contributed by atoms with van der Waals surface area (Å²) in [5, 5.41) is 10.7. The summed E-state index contributed by atoms with van der Waals surface area (Å²) >= 11 is 0. The summed E-state index contributed by atoms with van der Waals surface area (Å²) < 4.78 is 11.4. The minimum Gasteiger partial charge on any atom is -0.458 e. The van der Waals surface area contributed by atoms with Crippen LogP contribution in [0.2, 0.25) is 0 Å². The topological polar surface area (TPSA) is 59.1 Å². The molecule has 2 heterocycles. The number of hydrogen-bond donors (Lipinski definition) is 1.